The van der Waals surface area contributed by atoms with Crippen LogP contribution in [-0.4, -0.2) is 44.6 Å². The number of nitro groups is 1. The number of aliphatic hydroxyl groups excluding tert-OH is 1. The Kier molecular flexibility index (Phi) is 8.03. The van der Waals surface area contributed by atoms with Gasteiger partial charge in [0.15, 0.2) is 17.4 Å². The normalized spacial score (nSPS) is 12.8. The molecule has 1 heterocycles. The molecule has 0 saturated carbocycles. The number of methoxy groups -OCH3 is 1. The van der Waals surface area contributed by atoms with Crippen LogP contribution < -0.4 is 21.8 Å². The van der Waals surface area contributed by atoms with Crippen molar-refractivity contribution in [2.45, 2.75) is 5.92 Å². The van der Waals surface area contributed by atoms with Gasteiger partial charge in [-0.3, -0.25) is 19.7 Å². The van der Waals surface area contributed by atoms with Gasteiger partial charge in [0.25, 0.3) is 11.2 Å². The first-order valence-electron chi connectivity index (χ1n) is 11.8. The third kappa shape index (κ3) is 5.85. The molecule has 1 aromatic heterocycles. The van der Waals surface area contributed by atoms with E-state index in [1.807, 2.05) is 0 Å². The molecule has 41 heavy (non-hydrogen) atoms. The number of esters is 1. The third-order valence-corrected chi connectivity index (χ3v) is 5.91. The number of H-pyrrole nitrogens is 1. The number of ether oxygens (including phenoxy) is 1. The highest BCUT2D eigenvalue weighted by Crippen LogP contribution is 2.25. The first-order chi connectivity index (χ1) is 19.6. The lowest BCUT2D eigenvalue weighted by Crippen LogP contribution is -2.36. The van der Waals surface area contributed by atoms with Crippen LogP contribution >= 0.6 is 0 Å². The Balaban J connectivity index is 1.81. The summed E-state index contributed by atoms with van der Waals surface area (Å²) in [6.45, 7) is 0. The molecule has 0 aliphatic heterocycles. The Labute approximate surface area is 230 Å². The molecule has 0 amide bonds. The minimum absolute atomic E-state index is 0.0379. The minimum Gasteiger partial charge on any atom is -0.871 e. The number of ketones is 1. The number of nitrogens with one attached hydrogen (secondary N) is 2. The Morgan fingerprint density at radius 3 is 2.49 bits per heavy atom. The molecule has 208 valence electrons. The van der Waals surface area contributed by atoms with Crippen LogP contribution in [0, 0.1) is 10.1 Å². The van der Waals surface area contributed by atoms with Crippen molar-refractivity contribution in [2.24, 2.45) is 10.9 Å². The fraction of sp³-hybridized carbons (Fsp3) is 0.0741. The summed E-state index contributed by atoms with van der Waals surface area (Å²) >= 11 is 0. The monoisotopic (exact) mass is 557 g/mol. The third-order valence-electron chi connectivity index (χ3n) is 5.91. The number of rotatable bonds is 9. The summed E-state index contributed by atoms with van der Waals surface area (Å²) in [5.41, 5.74) is -1.67. The maximum atomic E-state index is 13.4. The molecule has 0 fully saturated rings. The van der Waals surface area contributed by atoms with Gasteiger partial charge in [0.2, 0.25) is 0 Å². The van der Waals surface area contributed by atoms with E-state index in [-0.39, 0.29) is 33.8 Å². The quantitative estimate of drug-likeness (QED) is 0.0441. The summed E-state index contributed by atoms with van der Waals surface area (Å²) in [6, 6.07) is 17.6. The van der Waals surface area contributed by atoms with E-state index in [2.05, 4.69) is 25.1 Å². The number of carbonyl (C=O) groups excluding carboxylic acids is 2. The van der Waals surface area contributed by atoms with Gasteiger partial charge >= 0.3 is 5.97 Å². The van der Waals surface area contributed by atoms with Crippen molar-refractivity contribution in [1.29, 1.82) is 0 Å². The van der Waals surface area contributed by atoms with Gasteiger partial charge in [-0.25, -0.2) is 9.78 Å². The van der Waals surface area contributed by atoms with Crippen molar-refractivity contribution in [3.8, 4) is 0 Å². The molecule has 3 aromatic carbocycles. The zero-order valence-electron chi connectivity index (χ0n) is 21.2. The van der Waals surface area contributed by atoms with Crippen LogP contribution in [0.3, 0.4) is 0 Å². The molecular formula is C27H21N6O8-. The van der Waals surface area contributed by atoms with E-state index in [0.717, 1.165) is 13.2 Å². The highest BCUT2D eigenvalue weighted by molar-refractivity contribution is 6.39. The Hall–Kier alpha value is -6.05. The number of hydrazone groups is 1. The summed E-state index contributed by atoms with van der Waals surface area (Å²) in [5.74, 6) is -0.416. The average Bonchev–Trinajstić information content (AvgIpc) is 2.98. The van der Waals surface area contributed by atoms with Crippen LogP contribution in [0.15, 0.2) is 94.3 Å². The van der Waals surface area contributed by atoms with Crippen LogP contribution in [0.4, 0.5) is 11.4 Å². The maximum Gasteiger partial charge on any atom is 0.355 e. The van der Waals surface area contributed by atoms with Crippen molar-refractivity contribution < 1.29 is 29.5 Å². The molecular weight excluding hydrogens is 536 g/mol. The second-order valence-corrected chi connectivity index (χ2v) is 8.46. The SMILES string of the molecule is COC(=O)/C(=N/N)C(C([O-])=C(O)Nc1cccc([N+](=O)[O-])c1)c1nc2ccc(C(=O)c3ccccc3)cc2[nH]c1=O. The number of hydrogen-bond donors (Lipinski definition) is 4. The predicted molar refractivity (Wildman–Crippen MR) is 145 cm³/mol. The molecule has 0 bridgehead atoms. The van der Waals surface area contributed by atoms with Crippen molar-refractivity contribution in [1.82, 2.24) is 9.97 Å². The van der Waals surface area contributed by atoms with Crippen molar-refractivity contribution in [3.05, 3.63) is 122 Å². The smallest absolute Gasteiger partial charge is 0.355 e. The van der Waals surface area contributed by atoms with Gasteiger partial charge in [0, 0.05) is 28.9 Å². The zero-order valence-corrected chi connectivity index (χ0v) is 21.2. The molecule has 14 heteroatoms. The summed E-state index contributed by atoms with van der Waals surface area (Å²) in [5, 5.41) is 40.7. The van der Waals surface area contributed by atoms with E-state index in [1.54, 1.807) is 30.3 Å². The number of aromatic nitrogens is 2. The number of nitro benzene ring substituents is 1. The number of aliphatic hydroxyl groups is 1. The maximum absolute atomic E-state index is 13.4. The van der Waals surface area contributed by atoms with Crippen molar-refractivity contribution in [3.63, 3.8) is 0 Å². The standard InChI is InChI=1S/C27H22N6O8/c1-41-27(38)22(32-28)20(24(35)26(37)29-16-8-5-9-17(13-16)33(39)40)21-25(36)31-19-12-15(10-11-18(19)30-21)23(34)14-6-3-2-4-7-14/h2-13,20,29,35,37H,28H2,1H3,(H,31,36)/p-1/b26-24?,32-22+. The number of benzene rings is 3. The molecule has 4 rings (SSSR count). The second-order valence-electron chi connectivity index (χ2n) is 8.46. The molecule has 1 unspecified atom stereocenters. The first kappa shape index (κ1) is 28.0. The Morgan fingerprint density at radius 1 is 1.10 bits per heavy atom. The number of anilines is 1. The van der Waals surface area contributed by atoms with E-state index in [0.29, 0.717) is 5.56 Å². The number of nitrogens with zero attached hydrogens (tertiary/aromatic N) is 3. The van der Waals surface area contributed by atoms with E-state index in [9.17, 15) is 34.7 Å². The highest BCUT2D eigenvalue weighted by Gasteiger charge is 2.31. The predicted octanol–water partition coefficient (Wildman–Crippen LogP) is 1.83. The van der Waals surface area contributed by atoms with Crippen LogP contribution in [0.2, 0.25) is 0 Å². The summed E-state index contributed by atoms with van der Waals surface area (Å²) in [4.78, 5) is 55.6. The molecule has 4 aromatic rings. The number of fused-ring (bicyclic) bond motifs is 1. The lowest BCUT2D eigenvalue weighted by Gasteiger charge is -2.25. The van der Waals surface area contributed by atoms with E-state index < -0.39 is 45.4 Å². The van der Waals surface area contributed by atoms with Gasteiger partial charge in [-0.2, -0.15) is 5.10 Å². The van der Waals surface area contributed by atoms with Gasteiger partial charge in [-0.15, -0.1) is 0 Å². The van der Waals surface area contributed by atoms with Crippen LogP contribution in [-0.2, 0) is 9.53 Å². The van der Waals surface area contributed by atoms with Crippen LogP contribution in [0.5, 0.6) is 0 Å². The van der Waals surface area contributed by atoms with Gasteiger partial charge in [-0.05, 0) is 24.3 Å². The molecule has 5 N–H and O–H groups in total. The number of non-ortho nitro benzene ring substituents is 1. The Morgan fingerprint density at radius 2 is 1.83 bits per heavy atom. The Bertz CT molecular complexity index is 1780. The molecule has 0 spiro atoms. The van der Waals surface area contributed by atoms with Gasteiger partial charge in [0.05, 0.1) is 29.0 Å². The average molecular weight is 557 g/mol. The van der Waals surface area contributed by atoms with Gasteiger partial charge < -0.3 is 31.1 Å². The van der Waals surface area contributed by atoms with Gasteiger partial charge in [-0.1, -0.05) is 42.2 Å². The lowest BCUT2D eigenvalue weighted by atomic mass is 9.96. The second kappa shape index (κ2) is 11.8. The number of hydrogen-bond acceptors (Lipinski definition) is 12. The number of carbonyl (C=O) groups is 2. The zero-order chi connectivity index (χ0) is 29.7. The van der Waals surface area contributed by atoms with E-state index in [4.69, 9.17) is 5.84 Å². The molecule has 0 saturated heterocycles. The summed E-state index contributed by atoms with van der Waals surface area (Å²) in [6.07, 6.45) is 0. The summed E-state index contributed by atoms with van der Waals surface area (Å²) in [7, 11) is 0.989. The molecule has 0 aliphatic rings. The van der Waals surface area contributed by atoms with Crippen LogP contribution in [0.1, 0.15) is 27.5 Å². The molecule has 0 radical (unpaired) electrons. The highest BCUT2D eigenvalue weighted by atomic mass is 16.6. The first-order valence-corrected chi connectivity index (χ1v) is 11.8. The van der Waals surface area contributed by atoms with Gasteiger partial charge in [0.1, 0.15) is 5.69 Å². The number of allylic oxidation sites excluding steroid dienone is 1. The number of aromatic amines is 1. The van der Waals surface area contributed by atoms with Crippen molar-refractivity contribution >= 4 is 39.9 Å². The van der Waals surface area contributed by atoms with E-state index in [1.165, 1.54) is 36.4 Å². The molecule has 0 aliphatic carbocycles. The largest absolute Gasteiger partial charge is 0.871 e. The van der Waals surface area contributed by atoms with E-state index >= 15 is 0 Å². The fourth-order valence-corrected chi connectivity index (χ4v) is 3.95. The van der Waals surface area contributed by atoms with Crippen LogP contribution in [0.25, 0.3) is 11.0 Å². The number of nitrogens with two attached hydrogens (primary N) is 1. The molecule has 1 atom stereocenters. The summed E-state index contributed by atoms with van der Waals surface area (Å²) < 4.78 is 4.64. The molecule has 14 nitrogen and oxygen atoms in total. The topological polar surface area (TPSA) is 226 Å². The lowest BCUT2D eigenvalue weighted by molar-refractivity contribution is -0.384. The van der Waals surface area contributed by atoms with Crippen molar-refractivity contribution in [2.75, 3.05) is 12.4 Å². The minimum atomic E-state index is -1.95. The fourth-order valence-electron chi connectivity index (χ4n) is 3.95.